The van der Waals surface area contributed by atoms with E-state index in [4.69, 9.17) is 9.47 Å². The van der Waals surface area contributed by atoms with E-state index in [2.05, 4.69) is 0 Å². The molecule has 246 valence electrons. The maximum atomic E-state index is 14.2. The number of fused-ring (bicyclic) bond motifs is 3. The second-order valence-electron chi connectivity index (χ2n) is 12.7. The van der Waals surface area contributed by atoms with Gasteiger partial charge < -0.3 is 14.6 Å². The lowest BCUT2D eigenvalue weighted by Gasteiger charge is -2.41. The zero-order chi connectivity index (χ0) is 34.6. The highest BCUT2D eigenvalue weighted by Crippen LogP contribution is 2.53. The fourth-order valence-corrected chi connectivity index (χ4v) is 7.65. The molecule has 4 atom stereocenters. The number of imide groups is 1. The van der Waals surface area contributed by atoms with E-state index in [1.165, 1.54) is 25.2 Å². The van der Waals surface area contributed by atoms with Crippen molar-refractivity contribution in [3.05, 3.63) is 124 Å². The molecule has 4 aliphatic rings. The molecule has 9 nitrogen and oxygen atoms in total. The first-order chi connectivity index (χ1) is 23.6. The number of hydrogen-bond donors (Lipinski definition) is 1. The highest BCUT2D eigenvalue weighted by atomic mass is 16.5. The number of carbonyl (C=O) groups excluding carboxylic acids is 5. The summed E-state index contributed by atoms with van der Waals surface area (Å²) >= 11 is 0. The number of anilines is 1. The zero-order valence-electron chi connectivity index (χ0n) is 27.1. The Kier molecular flexibility index (Phi) is 7.98. The molecule has 0 bridgehead atoms. The van der Waals surface area contributed by atoms with Crippen LogP contribution in [0.25, 0.3) is 6.08 Å². The van der Waals surface area contributed by atoms with E-state index < -0.39 is 23.7 Å². The summed E-state index contributed by atoms with van der Waals surface area (Å²) in [6, 6.07) is 18.6. The van der Waals surface area contributed by atoms with Gasteiger partial charge in [-0.05, 0) is 73.7 Å². The van der Waals surface area contributed by atoms with Crippen LogP contribution in [0.5, 0.6) is 17.2 Å². The van der Waals surface area contributed by atoms with Gasteiger partial charge >= 0.3 is 0 Å². The van der Waals surface area contributed by atoms with Gasteiger partial charge in [-0.3, -0.25) is 28.9 Å². The van der Waals surface area contributed by atoms with E-state index in [-0.39, 0.29) is 52.8 Å². The molecule has 0 spiro atoms. The Balaban J connectivity index is 1.24. The molecule has 1 N–H and O–H groups in total. The molecule has 1 saturated heterocycles. The molecule has 9 heteroatoms. The Bertz CT molecular complexity index is 2040. The molecule has 2 amide bonds. The number of rotatable bonds is 7. The molecular formula is C40H33NO8. The molecule has 3 aliphatic carbocycles. The lowest BCUT2D eigenvalue weighted by Crippen LogP contribution is -2.40. The van der Waals surface area contributed by atoms with Crippen LogP contribution >= 0.6 is 0 Å². The van der Waals surface area contributed by atoms with Crippen molar-refractivity contribution in [2.24, 2.45) is 23.7 Å². The average Bonchev–Trinajstić information content (AvgIpc) is 3.38. The van der Waals surface area contributed by atoms with Gasteiger partial charge in [-0.25, -0.2) is 0 Å². The van der Waals surface area contributed by atoms with Crippen molar-refractivity contribution in [2.75, 3.05) is 19.1 Å². The van der Waals surface area contributed by atoms with Crippen LogP contribution in [0, 0.1) is 23.7 Å². The first kappa shape index (κ1) is 31.8. The van der Waals surface area contributed by atoms with Gasteiger partial charge in [0.1, 0.15) is 0 Å². The second-order valence-corrected chi connectivity index (χ2v) is 12.7. The molecule has 1 heterocycles. The number of nitrogens with zero attached hydrogens (tertiary/aromatic N) is 1. The van der Waals surface area contributed by atoms with Gasteiger partial charge in [-0.15, -0.1) is 0 Å². The third kappa shape index (κ3) is 5.22. The number of aromatic hydroxyl groups is 1. The summed E-state index contributed by atoms with van der Waals surface area (Å²) in [6.45, 7) is 1.61. The molecule has 7 rings (SSSR count). The number of hydrogen-bond acceptors (Lipinski definition) is 8. The zero-order valence-corrected chi connectivity index (χ0v) is 27.1. The summed E-state index contributed by atoms with van der Waals surface area (Å²) in [5.41, 5.74) is 3.86. The lowest BCUT2D eigenvalue weighted by atomic mass is 9.60. The number of benzene rings is 3. The van der Waals surface area contributed by atoms with Gasteiger partial charge in [-0.1, -0.05) is 54.1 Å². The fraction of sp³-hybridized carbons (Fsp3) is 0.225. The van der Waals surface area contributed by atoms with Gasteiger partial charge in [-0.2, -0.15) is 0 Å². The number of allylic oxidation sites excluding steroid dienone is 7. The Morgan fingerprint density at radius 3 is 2.18 bits per heavy atom. The number of phenolic OH excluding ortho intramolecular Hbond substituents is 1. The SMILES string of the molecule is COc1cc(C=CC2C3=CCC4C(=O)N(c5ccc(C(=O)c6ccccc6)cc5)C(=O)C4C3CC3=C2C(=O)C=C(C)C3=O)cc(OC)c1O. The van der Waals surface area contributed by atoms with E-state index in [0.717, 1.165) is 5.57 Å². The number of ether oxygens (including phenoxy) is 2. The van der Waals surface area contributed by atoms with E-state index in [0.29, 0.717) is 45.5 Å². The predicted molar refractivity (Wildman–Crippen MR) is 181 cm³/mol. The number of phenols is 1. The lowest BCUT2D eigenvalue weighted by molar-refractivity contribution is -0.123. The van der Waals surface area contributed by atoms with E-state index in [9.17, 15) is 29.1 Å². The van der Waals surface area contributed by atoms with Gasteiger partial charge in [0.15, 0.2) is 28.8 Å². The predicted octanol–water partition coefficient (Wildman–Crippen LogP) is 5.82. The number of ketones is 3. The molecule has 0 aromatic heterocycles. The third-order valence-electron chi connectivity index (χ3n) is 10.0. The van der Waals surface area contributed by atoms with Crippen molar-refractivity contribution < 1.29 is 38.6 Å². The van der Waals surface area contributed by atoms with E-state index in [1.54, 1.807) is 73.7 Å². The van der Waals surface area contributed by atoms with E-state index in [1.807, 2.05) is 18.2 Å². The molecule has 4 unspecified atom stereocenters. The number of carbonyl (C=O) groups is 5. The molecule has 0 saturated carbocycles. The van der Waals surface area contributed by atoms with Crippen molar-refractivity contribution >= 4 is 40.9 Å². The topological polar surface area (TPSA) is 127 Å². The van der Waals surface area contributed by atoms with E-state index >= 15 is 0 Å². The monoisotopic (exact) mass is 655 g/mol. The van der Waals surface area contributed by atoms with Crippen molar-refractivity contribution in [1.82, 2.24) is 0 Å². The maximum Gasteiger partial charge on any atom is 0.238 e. The molecular weight excluding hydrogens is 622 g/mol. The van der Waals surface area contributed by atoms with Gasteiger partial charge in [0.25, 0.3) is 0 Å². The molecule has 3 aromatic carbocycles. The van der Waals surface area contributed by atoms with Gasteiger partial charge in [0.2, 0.25) is 17.6 Å². The van der Waals surface area contributed by atoms with Crippen molar-refractivity contribution in [2.45, 2.75) is 19.8 Å². The first-order valence-electron chi connectivity index (χ1n) is 16.0. The second kappa shape index (κ2) is 12.3. The quantitative estimate of drug-likeness (QED) is 0.146. The summed E-state index contributed by atoms with van der Waals surface area (Å²) in [6.07, 6.45) is 7.36. The van der Waals surface area contributed by atoms with Crippen molar-refractivity contribution in [3.8, 4) is 17.2 Å². The van der Waals surface area contributed by atoms with Crippen LogP contribution < -0.4 is 14.4 Å². The van der Waals surface area contributed by atoms with Crippen LogP contribution in [0.3, 0.4) is 0 Å². The first-order valence-corrected chi connectivity index (χ1v) is 16.0. The van der Waals surface area contributed by atoms with Crippen LogP contribution in [0.4, 0.5) is 5.69 Å². The van der Waals surface area contributed by atoms with Crippen LogP contribution in [0.15, 0.2) is 107 Å². The van der Waals surface area contributed by atoms with Crippen LogP contribution in [-0.2, 0) is 19.2 Å². The van der Waals surface area contributed by atoms with Gasteiger partial charge in [0.05, 0.1) is 31.7 Å². The Morgan fingerprint density at radius 1 is 0.878 bits per heavy atom. The minimum Gasteiger partial charge on any atom is -0.502 e. The summed E-state index contributed by atoms with van der Waals surface area (Å²) in [5.74, 6) is -3.57. The van der Waals surface area contributed by atoms with Crippen LogP contribution in [0.1, 0.15) is 41.3 Å². The molecule has 1 aliphatic heterocycles. The largest absolute Gasteiger partial charge is 0.502 e. The Morgan fingerprint density at radius 2 is 1.53 bits per heavy atom. The number of Topliss-reactive ketones (excluding diaryl/α,β-unsaturated/α-hetero) is 1. The summed E-state index contributed by atoms with van der Waals surface area (Å²) in [4.78, 5) is 69.3. The standard InChI is InChI=1S/C40H33NO8/c1-21-17-31(42)34-27(14-9-22-18-32(48-2)38(45)33(19-22)49-3)26-15-16-28-35(29(26)20-30(34)36(21)43)40(47)41(39(28)46)25-12-10-24(11-13-25)37(44)23-7-5-4-6-8-23/h4-15,17-19,27-29,35,45H,16,20H2,1-3H3. The summed E-state index contributed by atoms with van der Waals surface area (Å²) in [7, 11) is 2.85. The minimum absolute atomic E-state index is 0.147. The van der Waals surface area contributed by atoms with Crippen molar-refractivity contribution in [3.63, 3.8) is 0 Å². The Hall–Kier alpha value is -5.83. The molecule has 1 fully saturated rings. The maximum absolute atomic E-state index is 14.2. The van der Waals surface area contributed by atoms with Crippen LogP contribution in [-0.4, -0.2) is 48.5 Å². The molecule has 49 heavy (non-hydrogen) atoms. The summed E-state index contributed by atoms with van der Waals surface area (Å²) < 4.78 is 10.6. The average molecular weight is 656 g/mol. The third-order valence-corrected chi connectivity index (χ3v) is 10.0. The van der Waals surface area contributed by atoms with Crippen molar-refractivity contribution in [1.29, 1.82) is 0 Å². The fourth-order valence-electron chi connectivity index (χ4n) is 7.65. The van der Waals surface area contributed by atoms with Gasteiger partial charge in [0, 0.05) is 33.8 Å². The minimum atomic E-state index is -0.731. The smallest absolute Gasteiger partial charge is 0.238 e. The number of amides is 2. The molecule has 0 radical (unpaired) electrons. The highest BCUT2D eigenvalue weighted by Gasteiger charge is 2.56. The molecule has 3 aromatic rings. The highest BCUT2D eigenvalue weighted by molar-refractivity contribution is 6.25. The van der Waals surface area contributed by atoms with Crippen LogP contribution in [0.2, 0.25) is 0 Å². The Labute approximate surface area is 282 Å². The number of methoxy groups -OCH3 is 2. The normalized spacial score (nSPS) is 23.2. The summed E-state index contributed by atoms with van der Waals surface area (Å²) in [5, 5.41) is 10.4.